The molecule has 4 heterocycles. The lowest BCUT2D eigenvalue weighted by atomic mass is 10.1. The summed E-state index contributed by atoms with van der Waals surface area (Å²) in [7, 11) is 0. The molecule has 33 heavy (non-hydrogen) atoms. The van der Waals surface area contributed by atoms with E-state index in [1.54, 1.807) is 36.3 Å². The third kappa shape index (κ3) is 4.59. The molecule has 0 radical (unpaired) electrons. The predicted octanol–water partition coefficient (Wildman–Crippen LogP) is 5.63. The van der Waals surface area contributed by atoms with E-state index in [0.29, 0.717) is 17.2 Å². The molecule has 0 aliphatic heterocycles. The Morgan fingerprint density at radius 2 is 1.85 bits per heavy atom. The van der Waals surface area contributed by atoms with Crippen molar-refractivity contribution < 1.29 is 4.42 Å². The van der Waals surface area contributed by atoms with E-state index >= 15 is 0 Å². The van der Waals surface area contributed by atoms with Crippen molar-refractivity contribution in [2.45, 2.75) is 19.8 Å². The molecule has 1 aromatic carbocycles. The summed E-state index contributed by atoms with van der Waals surface area (Å²) in [5.41, 5.74) is 3.51. The number of nitrogens with zero attached hydrogens (tertiary/aromatic N) is 5. The summed E-state index contributed by atoms with van der Waals surface area (Å²) in [4.78, 5) is 20.1. The molecule has 0 aliphatic carbocycles. The minimum Gasteiger partial charge on any atom is -0.472 e. The van der Waals surface area contributed by atoms with Gasteiger partial charge in [0.1, 0.15) is 23.0 Å². The van der Waals surface area contributed by atoms with Crippen LogP contribution in [0, 0.1) is 18.3 Å². The number of furan rings is 1. The van der Waals surface area contributed by atoms with Gasteiger partial charge in [-0.1, -0.05) is 24.3 Å². The molecule has 0 atom stereocenters. The van der Waals surface area contributed by atoms with E-state index in [-0.39, 0.29) is 0 Å². The van der Waals surface area contributed by atoms with E-state index in [0.717, 1.165) is 46.5 Å². The average molecular weight is 453 g/mol. The van der Waals surface area contributed by atoms with Crippen LogP contribution >= 0.6 is 11.3 Å². The van der Waals surface area contributed by atoms with Crippen LogP contribution in [-0.4, -0.2) is 26.5 Å². The van der Waals surface area contributed by atoms with Crippen molar-refractivity contribution in [3.05, 3.63) is 77.3 Å². The van der Waals surface area contributed by atoms with Crippen LogP contribution in [0.2, 0.25) is 0 Å². The quantitative estimate of drug-likeness (QED) is 0.319. The lowest BCUT2D eigenvalue weighted by Gasteiger charge is -2.09. The first-order valence-electron chi connectivity index (χ1n) is 10.6. The van der Waals surface area contributed by atoms with Crippen molar-refractivity contribution in [2.75, 3.05) is 11.9 Å². The SMILES string of the molecule is Cc1cc2c(NCCCc3ccc(-c4ncc(C#N)cn4)cc3)nc(-c3ccoc3)nc2s1. The minimum absolute atomic E-state index is 0.457. The number of hydrogen-bond acceptors (Lipinski definition) is 8. The summed E-state index contributed by atoms with van der Waals surface area (Å²) in [5, 5.41) is 13.4. The number of thiophene rings is 1. The number of hydrogen-bond donors (Lipinski definition) is 1. The summed E-state index contributed by atoms with van der Waals surface area (Å²) in [6, 6.07) is 14.3. The van der Waals surface area contributed by atoms with Crippen molar-refractivity contribution >= 4 is 27.4 Å². The molecular weight excluding hydrogens is 432 g/mol. The molecule has 5 rings (SSSR count). The summed E-state index contributed by atoms with van der Waals surface area (Å²) >= 11 is 1.67. The highest BCUT2D eigenvalue weighted by molar-refractivity contribution is 7.18. The molecule has 7 nitrogen and oxygen atoms in total. The standard InChI is InChI=1S/C25H20N6OS/c1-16-11-21-24(30-23(31-25(21)33-16)20-8-10-32-15-20)27-9-2-3-17-4-6-19(7-5-17)22-28-13-18(12-26)14-29-22/h4-8,10-11,13-15H,2-3,9H2,1H3,(H,27,30,31). The fraction of sp³-hybridized carbons (Fsp3) is 0.160. The van der Waals surface area contributed by atoms with Gasteiger partial charge in [-0.05, 0) is 37.5 Å². The molecular formula is C25H20N6OS. The molecule has 162 valence electrons. The van der Waals surface area contributed by atoms with Gasteiger partial charge >= 0.3 is 0 Å². The zero-order valence-corrected chi connectivity index (χ0v) is 18.8. The molecule has 0 saturated carbocycles. The first-order valence-corrected chi connectivity index (χ1v) is 11.4. The Bertz CT molecular complexity index is 1420. The van der Waals surface area contributed by atoms with Gasteiger partial charge in [0.05, 0.1) is 22.8 Å². The lowest BCUT2D eigenvalue weighted by Crippen LogP contribution is -2.06. The Hall–Kier alpha value is -4.09. The molecule has 0 spiro atoms. The summed E-state index contributed by atoms with van der Waals surface area (Å²) in [6.07, 6.45) is 8.28. The van der Waals surface area contributed by atoms with Crippen LogP contribution < -0.4 is 5.32 Å². The van der Waals surface area contributed by atoms with E-state index in [1.807, 2.05) is 24.3 Å². The van der Waals surface area contributed by atoms with Gasteiger partial charge in [-0.15, -0.1) is 11.3 Å². The maximum Gasteiger partial charge on any atom is 0.166 e. The second-order valence-electron chi connectivity index (χ2n) is 7.62. The Morgan fingerprint density at radius 3 is 2.58 bits per heavy atom. The van der Waals surface area contributed by atoms with Gasteiger partial charge in [0, 0.05) is 29.4 Å². The molecule has 0 unspecified atom stereocenters. The summed E-state index contributed by atoms with van der Waals surface area (Å²) in [6.45, 7) is 2.88. The third-order valence-corrected chi connectivity index (χ3v) is 6.17. The highest BCUT2D eigenvalue weighted by Crippen LogP contribution is 2.31. The number of aromatic nitrogens is 4. The van der Waals surface area contributed by atoms with Gasteiger partial charge in [-0.2, -0.15) is 5.26 Å². The van der Waals surface area contributed by atoms with Gasteiger partial charge in [0.15, 0.2) is 11.6 Å². The first kappa shape index (κ1) is 20.8. The molecule has 0 aliphatic rings. The molecule has 4 aromatic heterocycles. The van der Waals surface area contributed by atoms with E-state index in [2.05, 4.69) is 40.4 Å². The molecule has 8 heteroatoms. The molecule has 0 amide bonds. The summed E-state index contributed by atoms with van der Waals surface area (Å²) < 4.78 is 5.20. The van der Waals surface area contributed by atoms with Crippen molar-refractivity contribution in [3.63, 3.8) is 0 Å². The van der Waals surface area contributed by atoms with E-state index in [4.69, 9.17) is 19.6 Å². The Kier molecular flexibility index (Phi) is 5.79. The second-order valence-corrected chi connectivity index (χ2v) is 8.85. The number of rotatable bonds is 7. The predicted molar refractivity (Wildman–Crippen MR) is 129 cm³/mol. The Labute approximate surface area is 194 Å². The van der Waals surface area contributed by atoms with Gasteiger partial charge < -0.3 is 9.73 Å². The van der Waals surface area contributed by atoms with Crippen molar-refractivity contribution in [3.8, 4) is 28.8 Å². The van der Waals surface area contributed by atoms with Gasteiger partial charge in [-0.25, -0.2) is 19.9 Å². The van der Waals surface area contributed by atoms with E-state index < -0.39 is 0 Å². The molecule has 0 saturated heterocycles. The fourth-order valence-electron chi connectivity index (χ4n) is 3.55. The number of benzene rings is 1. The van der Waals surface area contributed by atoms with Crippen LogP contribution in [0.25, 0.3) is 33.0 Å². The highest BCUT2D eigenvalue weighted by Gasteiger charge is 2.12. The number of nitriles is 1. The van der Waals surface area contributed by atoms with E-state index in [1.165, 1.54) is 10.4 Å². The van der Waals surface area contributed by atoms with Crippen LogP contribution in [-0.2, 0) is 6.42 Å². The van der Waals surface area contributed by atoms with E-state index in [9.17, 15) is 0 Å². The van der Waals surface area contributed by atoms with Crippen LogP contribution in [0.3, 0.4) is 0 Å². The molecule has 1 N–H and O–H groups in total. The topological polar surface area (TPSA) is 101 Å². The maximum atomic E-state index is 8.88. The van der Waals surface area contributed by atoms with Crippen LogP contribution in [0.15, 0.2) is 65.7 Å². The second kappa shape index (κ2) is 9.18. The fourth-order valence-corrected chi connectivity index (χ4v) is 4.43. The molecule has 5 aromatic rings. The monoisotopic (exact) mass is 452 g/mol. The third-order valence-electron chi connectivity index (χ3n) is 5.22. The largest absolute Gasteiger partial charge is 0.472 e. The first-order chi connectivity index (χ1) is 16.2. The average Bonchev–Trinajstić information content (AvgIpc) is 3.51. The maximum absolute atomic E-state index is 8.88. The zero-order valence-electron chi connectivity index (χ0n) is 17.9. The number of aryl methyl sites for hydroxylation is 2. The lowest BCUT2D eigenvalue weighted by molar-refractivity contribution is 0.568. The normalized spacial score (nSPS) is 10.9. The smallest absolute Gasteiger partial charge is 0.166 e. The van der Waals surface area contributed by atoms with Gasteiger partial charge in [-0.3, -0.25) is 0 Å². The van der Waals surface area contributed by atoms with Gasteiger partial charge in [0.25, 0.3) is 0 Å². The van der Waals surface area contributed by atoms with Crippen molar-refractivity contribution in [2.24, 2.45) is 0 Å². The summed E-state index contributed by atoms with van der Waals surface area (Å²) in [5.74, 6) is 2.14. The number of nitrogens with one attached hydrogen (secondary N) is 1. The zero-order chi connectivity index (χ0) is 22.6. The van der Waals surface area contributed by atoms with Crippen LogP contribution in [0.5, 0.6) is 0 Å². The minimum atomic E-state index is 0.457. The Balaban J connectivity index is 1.23. The number of anilines is 1. The highest BCUT2D eigenvalue weighted by atomic mass is 32.1. The van der Waals surface area contributed by atoms with Crippen LogP contribution in [0.4, 0.5) is 5.82 Å². The number of fused-ring (bicyclic) bond motifs is 1. The van der Waals surface area contributed by atoms with Gasteiger partial charge in [0.2, 0.25) is 0 Å². The van der Waals surface area contributed by atoms with Crippen LogP contribution in [0.1, 0.15) is 22.4 Å². The molecule has 0 bridgehead atoms. The Morgan fingerprint density at radius 1 is 1.03 bits per heavy atom. The molecule has 0 fully saturated rings. The van der Waals surface area contributed by atoms with Crippen molar-refractivity contribution in [1.29, 1.82) is 5.26 Å². The van der Waals surface area contributed by atoms with Crippen molar-refractivity contribution in [1.82, 2.24) is 19.9 Å².